The number of amides is 1. The summed E-state index contributed by atoms with van der Waals surface area (Å²) < 4.78 is 7.49. The second-order valence-corrected chi connectivity index (χ2v) is 7.13. The molecule has 0 bridgehead atoms. The minimum atomic E-state index is -0.345. The first-order valence-corrected chi connectivity index (χ1v) is 9.49. The smallest absolute Gasteiger partial charge is 0.217 e. The molecular formula is C19H22N4O2S. The van der Waals surface area contributed by atoms with Crippen LogP contribution in [0.4, 0.5) is 0 Å². The Morgan fingerprint density at radius 1 is 1.23 bits per heavy atom. The molecule has 0 saturated heterocycles. The number of thioether (sulfide) groups is 1. The lowest BCUT2D eigenvalue weighted by Crippen LogP contribution is -2.14. The first-order chi connectivity index (χ1) is 12.7. The van der Waals surface area contributed by atoms with Crippen LogP contribution in [0.25, 0.3) is 0 Å². The molecule has 0 unspecified atom stereocenters. The first kappa shape index (κ1) is 18.3. The van der Waals surface area contributed by atoms with Gasteiger partial charge >= 0.3 is 0 Å². The first-order valence-electron chi connectivity index (χ1n) is 8.61. The second-order valence-electron chi connectivity index (χ2n) is 5.96. The van der Waals surface area contributed by atoms with Gasteiger partial charge in [0.25, 0.3) is 0 Å². The van der Waals surface area contributed by atoms with Crippen molar-refractivity contribution in [3.8, 4) is 0 Å². The molecule has 0 spiro atoms. The summed E-state index contributed by atoms with van der Waals surface area (Å²) >= 11 is 1.68. The lowest BCUT2D eigenvalue weighted by Gasteiger charge is -2.15. The number of aromatic nitrogens is 3. The Hall–Kier alpha value is -2.54. The lowest BCUT2D eigenvalue weighted by molar-refractivity contribution is -0.118. The molecule has 2 aromatic heterocycles. The van der Waals surface area contributed by atoms with E-state index in [1.54, 1.807) is 18.0 Å². The summed E-state index contributed by atoms with van der Waals surface area (Å²) in [6.07, 6.45) is 3.33. The van der Waals surface area contributed by atoms with Crippen molar-refractivity contribution in [2.75, 3.05) is 0 Å². The van der Waals surface area contributed by atoms with Crippen LogP contribution in [0.1, 0.15) is 42.2 Å². The minimum Gasteiger partial charge on any atom is -0.467 e. The molecule has 2 N–H and O–H groups in total. The standard InChI is InChI=1S/C19H22N4O2S/c1-2-16(14-7-4-3-5-8-14)26-19-22-21-18(11-10-17(20)24)23(19)13-15-9-6-12-25-15/h3-9,12,16H,2,10-11,13H2,1H3,(H2,20,24)/t16-/m0/s1. The van der Waals surface area contributed by atoms with Crippen molar-refractivity contribution in [1.29, 1.82) is 0 Å². The van der Waals surface area contributed by atoms with Crippen LogP contribution in [0.5, 0.6) is 0 Å². The monoisotopic (exact) mass is 370 g/mol. The fourth-order valence-corrected chi connectivity index (χ4v) is 3.82. The van der Waals surface area contributed by atoms with E-state index in [4.69, 9.17) is 10.2 Å². The van der Waals surface area contributed by atoms with Crippen LogP contribution < -0.4 is 5.73 Å². The van der Waals surface area contributed by atoms with Crippen molar-refractivity contribution in [2.45, 2.75) is 43.1 Å². The Bertz CT molecular complexity index is 831. The van der Waals surface area contributed by atoms with E-state index >= 15 is 0 Å². The van der Waals surface area contributed by atoms with Gasteiger partial charge in [-0.05, 0) is 24.1 Å². The predicted molar refractivity (Wildman–Crippen MR) is 101 cm³/mol. The number of benzene rings is 1. The molecular weight excluding hydrogens is 348 g/mol. The molecule has 0 saturated carbocycles. The summed E-state index contributed by atoms with van der Waals surface area (Å²) in [5, 5.41) is 9.76. The van der Waals surface area contributed by atoms with Crippen LogP contribution in [0.2, 0.25) is 0 Å². The summed E-state index contributed by atoms with van der Waals surface area (Å²) in [6, 6.07) is 14.1. The van der Waals surface area contributed by atoms with Gasteiger partial charge in [0, 0.05) is 18.1 Å². The number of furan rings is 1. The van der Waals surface area contributed by atoms with Gasteiger partial charge in [0.1, 0.15) is 11.6 Å². The van der Waals surface area contributed by atoms with E-state index in [0.29, 0.717) is 13.0 Å². The van der Waals surface area contributed by atoms with Crippen molar-refractivity contribution >= 4 is 17.7 Å². The van der Waals surface area contributed by atoms with Crippen LogP contribution in [0, 0.1) is 0 Å². The number of hydrogen-bond donors (Lipinski definition) is 1. The largest absolute Gasteiger partial charge is 0.467 e. The Morgan fingerprint density at radius 3 is 2.69 bits per heavy atom. The third kappa shape index (κ3) is 4.54. The highest BCUT2D eigenvalue weighted by Gasteiger charge is 2.19. The summed E-state index contributed by atoms with van der Waals surface area (Å²) in [5.74, 6) is 1.22. The molecule has 2 heterocycles. The van der Waals surface area contributed by atoms with Gasteiger partial charge in [-0.1, -0.05) is 49.0 Å². The van der Waals surface area contributed by atoms with Crippen molar-refractivity contribution in [1.82, 2.24) is 14.8 Å². The molecule has 6 nitrogen and oxygen atoms in total. The number of hydrogen-bond acceptors (Lipinski definition) is 5. The highest BCUT2D eigenvalue weighted by atomic mass is 32.2. The van der Waals surface area contributed by atoms with E-state index in [0.717, 1.165) is 23.2 Å². The molecule has 0 radical (unpaired) electrons. The molecule has 1 amide bonds. The summed E-state index contributed by atoms with van der Waals surface area (Å²) in [6.45, 7) is 2.69. The normalized spacial score (nSPS) is 12.2. The van der Waals surface area contributed by atoms with Gasteiger partial charge in [-0.2, -0.15) is 0 Å². The Labute approximate surface area is 156 Å². The van der Waals surface area contributed by atoms with Gasteiger partial charge < -0.3 is 10.2 Å². The summed E-state index contributed by atoms with van der Waals surface area (Å²) in [5.41, 5.74) is 6.55. The fourth-order valence-electron chi connectivity index (χ4n) is 2.73. The van der Waals surface area contributed by atoms with Crippen LogP contribution in [0.15, 0.2) is 58.3 Å². The van der Waals surface area contributed by atoms with Gasteiger partial charge in [0.2, 0.25) is 5.91 Å². The van der Waals surface area contributed by atoms with Crippen molar-refractivity contribution in [3.05, 3.63) is 65.9 Å². The Morgan fingerprint density at radius 2 is 2.04 bits per heavy atom. The van der Waals surface area contributed by atoms with Crippen LogP contribution in [0.3, 0.4) is 0 Å². The lowest BCUT2D eigenvalue weighted by atomic mass is 10.1. The van der Waals surface area contributed by atoms with Gasteiger partial charge in [-0.3, -0.25) is 9.36 Å². The Balaban J connectivity index is 1.86. The average molecular weight is 370 g/mol. The number of carbonyl (C=O) groups is 1. The number of nitrogens with two attached hydrogens (primary N) is 1. The molecule has 3 aromatic rings. The fraction of sp³-hybridized carbons (Fsp3) is 0.316. The second kappa shape index (κ2) is 8.71. The number of rotatable bonds is 9. The number of aryl methyl sites for hydroxylation is 1. The zero-order valence-electron chi connectivity index (χ0n) is 14.7. The van der Waals surface area contributed by atoms with E-state index in [9.17, 15) is 4.79 Å². The maximum atomic E-state index is 11.2. The molecule has 1 aromatic carbocycles. The van der Waals surface area contributed by atoms with E-state index in [2.05, 4.69) is 29.3 Å². The SMILES string of the molecule is CC[C@H](Sc1nnc(CCC(N)=O)n1Cc1ccco1)c1ccccc1. The van der Waals surface area contributed by atoms with E-state index in [-0.39, 0.29) is 17.6 Å². The third-order valence-corrected chi connectivity index (χ3v) is 5.48. The van der Waals surface area contributed by atoms with E-state index in [1.165, 1.54) is 5.56 Å². The molecule has 0 fully saturated rings. The minimum absolute atomic E-state index is 0.247. The van der Waals surface area contributed by atoms with Gasteiger partial charge in [0.05, 0.1) is 12.8 Å². The summed E-state index contributed by atoms with van der Waals surface area (Å²) in [7, 11) is 0. The maximum absolute atomic E-state index is 11.2. The van der Waals surface area contributed by atoms with Crippen LogP contribution in [-0.4, -0.2) is 20.7 Å². The predicted octanol–water partition coefficient (Wildman–Crippen LogP) is 3.58. The maximum Gasteiger partial charge on any atom is 0.217 e. The van der Waals surface area contributed by atoms with Gasteiger partial charge in [0.15, 0.2) is 5.16 Å². The zero-order chi connectivity index (χ0) is 18.4. The van der Waals surface area contributed by atoms with Gasteiger partial charge in [-0.15, -0.1) is 10.2 Å². The number of nitrogens with zero attached hydrogens (tertiary/aromatic N) is 3. The van der Waals surface area contributed by atoms with Crippen LogP contribution in [-0.2, 0) is 17.8 Å². The topological polar surface area (TPSA) is 86.9 Å². The average Bonchev–Trinajstić information content (AvgIpc) is 3.29. The van der Waals surface area contributed by atoms with E-state index < -0.39 is 0 Å². The van der Waals surface area contributed by atoms with Gasteiger partial charge in [-0.25, -0.2) is 0 Å². The molecule has 7 heteroatoms. The molecule has 0 aliphatic carbocycles. The number of carbonyl (C=O) groups excluding carboxylic acids is 1. The summed E-state index contributed by atoms with van der Waals surface area (Å²) in [4.78, 5) is 11.2. The van der Waals surface area contributed by atoms with Crippen molar-refractivity contribution in [3.63, 3.8) is 0 Å². The number of primary amides is 1. The molecule has 1 atom stereocenters. The molecule has 0 aliphatic heterocycles. The zero-order valence-corrected chi connectivity index (χ0v) is 15.5. The van der Waals surface area contributed by atoms with Crippen LogP contribution >= 0.6 is 11.8 Å². The van der Waals surface area contributed by atoms with E-state index in [1.807, 2.05) is 34.9 Å². The molecule has 26 heavy (non-hydrogen) atoms. The van der Waals surface area contributed by atoms with Crippen molar-refractivity contribution < 1.29 is 9.21 Å². The highest BCUT2D eigenvalue weighted by molar-refractivity contribution is 7.99. The molecule has 3 rings (SSSR count). The molecule has 136 valence electrons. The van der Waals surface area contributed by atoms with Crippen molar-refractivity contribution in [2.24, 2.45) is 5.73 Å². The highest BCUT2D eigenvalue weighted by Crippen LogP contribution is 2.37. The third-order valence-electron chi connectivity index (χ3n) is 4.07. The Kier molecular flexibility index (Phi) is 6.12. The molecule has 0 aliphatic rings. The quantitative estimate of drug-likeness (QED) is 0.582.